The maximum atomic E-state index is 13.1. The minimum Gasteiger partial charge on any atom is -0.478 e. The van der Waals surface area contributed by atoms with Crippen LogP contribution in [0.5, 0.6) is 11.7 Å². The van der Waals surface area contributed by atoms with Gasteiger partial charge < -0.3 is 23.7 Å². The zero-order valence-corrected chi connectivity index (χ0v) is 14.8. The Hall–Kier alpha value is -3.88. The van der Waals surface area contributed by atoms with E-state index in [1.165, 1.54) is 32.0 Å². The van der Waals surface area contributed by atoms with E-state index in [4.69, 9.17) is 18.6 Å². The van der Waals surface area contributed by atoms with Crippen LogP contribution >= 0.6 is 0 Å². The number of carbonyl (C=O) groups is 3. The van der Waals surface area contributed by atoms with E-state index in [2.05, 4.69) is 0 Å². The van der Waals surface area contributed by atoms with E-state index in [0.717, 1.165) is 12.3 Å². The van der Waals surface area contributed by atoms with Gasteiger partial charge >= 0.3 is 23.9 Å². The number of hydrogen-bond donors (Lipinski definition) is 1. The van der Waals surface area contributed by atoms with Gasteiger partial charge in [-0.05, 0) is 18.2 Å². The number of carbonyl (C=O) groups excluding carboxylic acids is 2. The average Bonchev–Trinajstić information content (AvgIpc) is 2.79. The maximum Gasteiger partial charge on any atom is 0.336 e. The Morgan fingerprint density at radius 1 is 1.14 bits per heavy atom. The lowest BCUT2D eigenvalue weighted by Gasteiger charge is -2.10. The fourth-order valence-corrected chi connectivity index (χ4v) is 2.59. The standard InChI is InChI=1S/C19H14O9/c1-9(20)25-7-11-6-12(18(23)24)15-17(22)16-13(27-10(2)21)4-3-5-14(16)28-19(15)26-8-11/h3-6,8H,7H2,1-2H3,(H,23,24). The Kier molecular flexibility index (Phi) is 4.99. The highest BCUT2D eigenvalue weighted by molar-refractivity contribution is 6.17. The topological polar surface area (TPSA) is 129 Å². The molecule has 1 N–H and O–H groups in total. The van der Waals surface area contributed by atoms with Crippen molar-refractivity contribution in [3.05, 3.63) is 51.9 Å². The lowest BCUT2D eigenvalue weighted by molar-refractivity contribution is -0.140. The smallest absolute Gasteiger partial charge is 0.336 e. The lowest BCUT2D eigenvalue weighted by atomic mass is 10.0. The van der Waals surface area contributed by atoms with Crippen LogP contribution in [0, 0.1) is 0 Å². The minimum atomic E-state index is -1.42. The van der Waals surface area contributed by atoms with E-state index in [-0.39, 0.29) is 40.4 Å². The van der Waals surface area contributed by atoms with Crippen LogP contribution in [-0.2, 0) is 19.1 Å². The van der Waals surface area contributed by atoms with Gasteiger partial charge in [-0.1, -0.05) is 6.07 Å². The van der Waals surface area contributed by atoms with Crippen molar-refractivity contribution in [1.82, 2.24) is 0 Å². The Morgan fingerprint density at radius 2 is 1.89 bits per heavy atom. The summed E-state index contributed by atoms with van der Waals surface area (Å²) >= 11 is 0. The number of rotatable bonds is 4. The summed E-state index contributed by atoms with van der Waals surface area (Å²) in [5.74, 6) is -3.05. The van der Waals surface area contributed by atoms with Crippen LogP contribution in [0.25, 0.3) is 16.5 Å². The van der Waals surface area contributed by atoms with E-state index in [1.807, 2.05) is 0 Å². The van der Waals surface area contributed by atoms with Crippen molar-refractivity contribution < 1.29 is 38.1 Å². The molecule has 2 heterocycles. The summed E-state index contributed by atoms with van der Waals surface area (Å²) in [5, 5.41) is 9.49. The van der Waals surface area contributed by atoms with Crippen molar-refractivity contribution in [2.75, 3.05) is 6.61 Å². The van der Waals surface area contributed by atoms with Crippen molar-refractivity contribution in [2.24, 2.45) is 0 Å². The van der Waals surface area contributed by atoms with Gasteiger partial charge in [-0.15, -0.1) is 0 Å². The highest BCUT2D eigenvalue weighted by atomic mass is 16.6. The first-order chi connectivity index (χ1) is 13.3. The van der Waals surface area contributed by atoms with Crippen LogP contribution in [0.15, 0.2) is 45.3 Å². The molecule has 0 aliphatic carbocycles. The third kappa shape index (κ3) is 3.63. The molecule has 2 aromatic rings. The van der Waals surface area contributed by atoms with Gasteiger partial charge in [0.25, 0.3) is 0 Å². The van der Waals surface area contributed by atoms with Crippen LogP contribution in [0.2, 0.25) is 0 Å². The average molecular weight is 386 g/mol. The molecule has 9 heteroatoms. The second-order valence-electron chi connectivity index (χ2n) is 5.77. The van der Waals surface area contributed by atoms with E-state index in [9.17, 15) is 24.3 Å². The molecule has 0 saturated heterocycles. The molecular weight excluding hydrogens is 372 g/mol. The maximum absolute atomic E-state index is 13.1. The van der Waals surface area contributed by atoms with Crippen LogP contribution in [0.4, 0.5) is 0 Å². The van der Waals surface area contributed by atoms with Gasteiger partial charge in [-0.3, -0.25) is 14.4 Å². The number of benzene rings is 1. The largest absolute Gasteiger partial charge is 0.478 e. The lowest BCUT2D eigenvalue weighted by Crippen LogP contribution is -2.15. The van der Waals surface area contributed by atoms with Gasteiger partial charge in [0.15, 0.2) is 0 Å². The first kappa shape index (κ1) is 18.9. The van der Waals surface area contributed by atoms with Crippen molar-refractivity contribution in [3.8, 4) is 11.7 Å². The van der Waals surface area contributed by atoms with Crippen molar-refractivity contribution in [2.45, 2.75) is 13.8 Å². The molecule has 3 rings (SSSR count). The minimum absolute atomic E-state index is 0.0454. The zero-order valence-electron chi connectivity index (χ0n) is 14.8. The van der Waals surface area contributed by atoms with E-state index in [0.29, 0.717) is 0 Å². The van der Waals surface area contributed by atoms with Gasteiger partial charge in [-0.25, -0.2) is 4.79 Å². The second-order valence-corrected chi connectivity index (χ2v) is 5.77. The SMILES string of the molecule is CC(=O)OCC1=COc2oc3cccc(OC(C)=O)c3c(=O)c2C(C(=O)O)=C1. The summed E-state index contributed by atoms with van der Waals surface area (Å²) in [6.45, 7) is 2.11. The highest BCUT2D eigenvalue weighted by Gasteiger charge is 2.28. The summed E-state index contributed by atoms with van der Waals surface area (Å²) in [7, 11) is 0. The van der Waals surface area contributed by atoms with E-state index < -0.39 is 28.9 Å². The van der Waals surface area contributed by atoms with Gasteiger partial charge in [0.1, 0.15) is 35.2 Å². The number of hydrogen-bond acceptors (Lipinski definition) is 8. The predicted octanol–water partition coefficient (Wildman–Crippen LogP) is 2.03. The van der Waals surface area contributed by atoms with Crippen LogP contribution < -0.4 is 14.9 Å². The fourth-order valence-electron chi connectivity index (χ4n) is 2.59. The molecule has 0 bridgehead atoms. The van der Waals surface area contributed by atoms with Gasteiger partial charge in [0, 0.05) is 19.4 Å². The Labute approximate surface area is 157 Å². The van der Waals surface area contributed by atoms with Crippen molar-refractivity contribution >= 4 is 34.5 Å². The monoisotopic (exact) mass is 386 g/mol. The molecule has 9 nitrogen and oxygen atoms in total. The third-order valence-electron chi connectivity index (χ3n) is 3.69. The fraction of sp³-hybridized carbons (Fsp3) is 0.158. The number of ether oxygens (including phenoxy) is 3. The molecule has 28 heavy (non-hydrogen) atoms. The summed E-state index contributed by atoms with van der Waals surface area (Å²) in [6.07, 6.45) is 2.27. The van der Waals surface area contributed by atoms with Crippen LogP contribution in [0.1, 0.15) is 19.4 Å². The molecule has 0 amide bonds. The van der Waals surface area contributed by atoms with E-state index >= 15 is 0 Å². The summed E-state index contributed by atoms with van der Waals surface area (Å²) in [6, 6.07) is 4.34. The zero-order chi connectivity index (χ0) is 20.4. The van der Waals surface area contributed by atoms with Crippen LogP contribution in [0.3, 0.4) is 0 Å². The molecule has 0 atom stereocenters. The van der Waals surface area contributed by atoms with Gasteiger partial charge in [-0.2, -0.15) is 0 Å². The molecule has 0 fully saturated rings. The number of aliphatic carboxylic acids is 1. The highest BCUT2D eigenvalue weighted by Crippen LogP contribution is 2.34. The first-order valence-corrected chi connectivity index (χ1v) is 8.00. The normalized spacial score (nSPS) is 12.8. The Bertz CT molecular complexity index is 1120. The second kappa shape index (κ2) is 7.39. The van der Waals surface area contributed by atoms with Crippen molar-refractivity contribution in [1.29, 1.82) is 0 Å². The molecule has 1 aliphatic heterocycles. The third-order valence-corrected chi connectivity index (χ3v) is 3.69. The molecule has 0 saturated carbocycles. The molecule has 1 aromatic heterocycles. The first-order valence-electron chi connectivity index (χ1n) is 8.00. The molecule has 144 valence electrons. The van der Waals surface area contributed by atoms with Gasteiger partial charge in [0.05, 0.1) is 5.57 Å². The van der Waals surface area contributed by atoms with Gasteiger partial charge in [0.2, 0.25) is 5.43 Å². The quantitative estimate of drug-likeness (QED) is 0.619. The predicted molar refractivity (Wildman–Crippen MR) is 94.7 cm³/mol. The summed E-state index contributed by atoms with van der Waals surface area (Å²) in [4.78, 5) is 47.2. The van der Waals surface area contributed by atoms with Crippen molar-refractivity contribution in [3.63, 3.8) is 0 Å². The molecule has 0 unspecified atom stereocenters. The molecule has 0 radical (unpaired) electrons. The summed E-state index contributed by atoms with van der Waals surface area (Å²) in [5.41, 5.74) is -1.27. The molecule has 0 spiro atoms. The number of esters is 2. The molecule has 1 aromatic carbocycles. The van der Waals surface area contributed by atoms with E-state index in [1.54, 1.807) is 0 Å². The number of carboxylic acid groups (broad SMARTS) is 1. The number of carboxylic acids is 1. The Morgan fingerprint density at radius 3 is 2.54 bits per heavy atom. The Balaban J connectivity index is 2.24. The van der Waals surface area contributed by atoms with Crippen LogP contribution in [-0.4, -0.2) is 29.6 Å². The molecule has 1 aliphatic rings. The molecular formula is C19H14O9. The summed E-state index contributed by atoms with van der Waals surface area (Å²) < 4.78 is 20.8. The number of fused-ring (bicyclic) bond motifs is 2.